The van der Waals surface area contributed by atoms with Gasteiger partial charge >= 0.3 is 6.03 Å². The number of benzene rings is 1. The van der Waals surface area contributed by atoms with Crippen LogP contribution in [0.25, 0.3) is 0 Å². The van der Waals surface area contributed by atoms with Crippen LogP contribution in [0, 0.1) is 0 Å². The van der Waals surface area contributed by atoms with Crippen LogP contribution in [0.1, 0.15) is 28.5 Å². The molecule has 3 heterocycles. The summed E-state index contributed by atoms with van der Waals surface area (Å²) < 4.78 is 25.1. The van der Waals surface area contributed by atoms with Gasteiger partial charge in [0, 0.05) is 49.3 Å². The predicted octanol–water partition coefficient (Wildman–Crippen LogP) is 2.63. The SMILES string of the molecule is CC(CNC(=O)Nc1cccc2c1CCN(S(C)(=O)=O)C2)N1CCc2sccc2C1. The number of nitrogens with zero attached hydrogens (tertiary/aromatic N) is 2. The summed E-state index contributed by atoms with van der Waals surface area (Å²) in [7, 11) is -3.22. The van der Waals surface area contributed by atoms with Gasteiger partial charge in [-0.1, -0.05) is 12.1 Å². The van der Waals surface area contributed by atoms with Crippen LogP contribution in [-0.4, -0.2) is 55.6 Å². The average Bonchev–Trinajstić information content (AvgIpc) is 3.19. The van der Waals surface area contributed by atoms with E-state index in [9.17, 15) is 13.2 Å². The molecule has 2 aliphatic rings. The minimum absolute atomic E-state index is 0.228. The molecule has 0 saturated carbocycles. The van der Waals surface area contributed by atoms with E-state index in [1.807, 2.05) is 29.5 Å². The third kappa shape index (κ3) is 4.69. The van der Waals surface area contributed by atoms with Crippen molar-refractivity contribution in [2.45, 2.75) is 38.9 Å². The lowest BCUT2D eigenvalue weighted by molar-refractivity contribution is 0.188. The van der Waals surface area contributed by atoms with Crippen LogP contribution in [0.5, 0.6) is 0 Å². The van der Waals surface area contributed by atoms with Gasteiger partial charge < -0.3 is 10.6 Å². The van der Waals surface area contributed by atoms with Gasteiger partial charge in [0.1, 0.15) is 0 Å². The van der Waals surface area contributed by atoms with Gasteiger partial charge in [0.2, 0.25) is 10.0 Å². The smallest absolute Gasteiger partial charge is 0.319 e. The summed E-state index contributed by atoms with van der Waals surface area (Å²) in [5.74, 6) is 0. The minimum Gasteiger partial charge on any atom is -0.336 e. The van der Waals surface area contributed by atoms with Crippen molar-refractivity contribution in [2.75, 3.05) is 31.2 Å². The first kappa shape index (κ1) is 21.3. The molecule has 1 aromatic carbocycles. The molecule has 0 fully saturated rings. The Morgan fingerprint density at radius 3 is 2.80 bits per heavy atom. The van der Waals surface area contributed by atoms with E-state index in [4.69, 9.17) is 0 Å². The molecule has 4 rings (SSSR count). The number of carbonyl (C=O) groups is 1. The van der Waals surface area contributed by atoms with E-state index >= 15 is 0 Å². The molecule has 1 unspecified atom stereocenters. The number of carbonyl (C=O) groups excluding carboxylic acids is 1. The van der Waals surface area contributed by atoms with Crippen LogP contribution in [0.3, 0.4) is 0 Å². The number of rotatable bonds is 5. The molecule has 2 aromatic rings. The fourth-order valence-corrected chi connectivity index (χ4v) is 5.85. The lowest BCUT2D eigenvalue weighted by Gasteiger charge is -2.32. The molecule has 1 atom stereocenters. The van der Waals surface area contributed by atoms with Gasteiger partial charge in [-0.05, 0) is 54.0 Å². The van der Waals surface area contributed by atoms with Crippen LogP contribution in [-0.2, 0) is 36.0 Å². The second-order valence-corrected chi connectivity index (χ2v) is 11.0. The van der Waals surface area contributed by atoms with Gasteiger partial charge in [0.05, 0.1) is 6.26 Å². The molecule has 2 amide bonds. The van der Waals surface area contributed by atoms with Crippen LogP contribution in [0.4, 0.5) is 10.5 Å². The molecule has 9 heteroatoms. The number of nitrogens with one attached hydrogen (secondary N) is 2. The van der Waals surface area contributed by atoms with Crippen LogP contribution >= 0.6 is 11.3 Å². The summed E-state index contributed by atoms with van der Waals surface area (Å²) in [6.45, 7) is 5.45. The molecular formula is C21H28N4O3S2. The van der Waals surface area contributed by atoms with E-state index in [1.165, 1.54) is 21.0 Å². The summed E-state index contributed by atoms with van der Waals surface area (Å²) in [5.41, 5.74) is 4.12. The summed E-state index contributed by atoms with van der Waals surface area (Å²) in [6.07, 6.45) is 2.90. The Morgan fingerprint density at radius 1 is 1.17 bits per heavy atom. The highest BCUT2D eigenvalue weighted by Gasteiger charge is 2.25. The van der Waals surface area contributed by atoms with Gasteiger partial charge in [0.25, 0.3) is 0 Å². The Bertz CT molecular complexity index is 1030. The summed E-state index contributed by atoms with van der Waals surface area (Å²) in [6, 6.07) is 7.87. The normalized spacial score (nSPS) is 18.3. The molecule has 0 aliphatic carbocycles. The second kappa shape index (κ2) is 8.66. The van der Waals surface area contributed by atoms with Crippen LogP contribution in [0.2, 0.25) is 0 Å². The van der Waals surface area contributed by atoms with Crippen molar-refractivity contribution in [3.05, 3.63) is 51.2 Å². The number of sulfonamides is 1. The molecule has 7 nitrogen and oxygen atoms in total. The Hall–Kier alpha value is -1.94. The maximum Gasteiger partial charge on any atom is 0.319 e. The van der Waals surface area contributed by atoms with Crippen molar-refractivity contribution in [3.8, 4) is 0 Å². The maximum atomic E-state index is 12.5. The highest BCUT2D eigenvalue weighted by Crippen LogP contribution is 2.27. The number of amides is 2. The van der Waals surface area contributed by atoms with Crippen molar-refractivity contribution in [2.24, 2.45) is 0 Å². The van der Waals surface area contributed by atoms with Crippen molar-refractivity contribution >= 4 is 33.1 Å². The van der Waals surface area contributed by atoms with E-state index in [0.717, 1.165) is 36.3 Å². The number of hydrogen-bond acceptors (Lipinski definition) is 5. The number of urea groups is 1. The lowest BCUT2D eigenvalue weighted by atomic mass is 9.99. The van der Waals surface area contributed by atoms with E-state index in [2.05, 4.69) is 33.9 Å². The fraction of sp³-hybridized carbons (Fsp3) is 0.476. The molecule has 0 saturated heterocycles. The Morgan fingerprint density at radius 2 is 2.00 bits per heavy atom. The average molecular weight is 449 g/mol. The Labute approximate surface area is 182 Å². The number of hydrogen-bond donors (Lipinski definition) is 2. The quantitative estimate of drug-likeness (QED) is 0.737. The van der Waals surface area contributed by atoms with E-state index < -0.39 is 10.0 Å². The molecule has 2 aliphatic heterocycles. The fourth-order valence-electron chi connectivity index (χ4n) is 4.17. The number of anilines is 1. The van der Waals surface area contributed by atoms with E-state index in [-0.39, 0.29) is 12.1 Å². The lowest BCUT2D eigenvalue weighted by Crippen LogP contribution is -2.45. The Kier molecular flexibility index (Phi) is 6.15. The summed E-state index contributed by atoms with van der Waals surface area (Å²) in [4.78, 5) is 16.4. The molecule has 30 heavy (non-hydrogen) atoms. The monoisotopic (exact) mass is 448 g/mol. The highest BCUT2D eigenvalue weighted by molar-refractivity contribution is 7.88. The van der Waals surface area contributed by atoms with Gasteiger partial charge in [0.15, 0.2) is 0 Å². The van der Waals surface area contributed by atoms with Crippen molar-refractivity contribution < 1.29 is 13.2 Å². The molecule has 0 spiro atoms. The number of thiophene rings is 1. The second-order valence-electron chi connectivity index (χ2n) is 8.06. The first-order chi connectivity index (χ1) is 14.3. The molecular weight excluding hydrogens is 420 g/mol. The zero-order chi connectivity index (χ0) is 21.3. The molecule has 2 N–H and O–H groups in total. The van der Waals surface area contributed by atoms with Gasteiger partial charge in [-0.25, -0.2) is 13.2 Å². The number of fused-ring (bicyclic) bond motifs is 2. The molecule has 162 valence electrons. The van der Waals surface area contributed by atoms with Gasteiger partial charge in [-0.2, -0.15) is 4.31 Å². The third-order valence-corrected chi connectivity index (χ3v) is 8.24. The van der Waals surface area contributed by atoms with Gasteiger partial charge in [-0.15, -0.1) is 11.3 Å². The Balaban J connectivity index is 1.33. The first-order valence-electron chi connectivity index (χ1n) is 10.2. The largest absolute Gasteiger partial charge is 0.336 e. The topological polar surface area (TPSA) is 81.8 Å². The first-order valence-corrected chi connectivity index (χ1v) is 12.9. The summed E-state index contributed by atoms with van der Waals surface area (Å²) in [5, 5.41) is 8.10. The van der Waals surface area contributed by atoms with Crippen molar-refractivity contribution in [1.29, 1.82) is 0 Å². The zero-order valence-electron chi connectivity index (χ0n) is 17.3. The van der Waals surface area contributed by atoms with E-state index in [0.29, 0.717) is 26.1 Å². The predicted molar refractivity (Wildman–Crippen MR) is 120 cm³/mol. The molecule has 0 radical (unpaired) electrons. The standard InChI is InChI=1S/C21H28N4O3S2/c1-15(24-9-7-20-17(13-24)8-11-29-20)12-22-21(26)23-19-5-3-4-16-14-25(30(2,27)28)10-6-18(16)19/h3-5,8,11,15H,6-7,9-10,12-14H2,1-2H3,(H2,22,23,26). The van der Waals surface area contributed by atoms with Crippen LogP contribution in [0.15, 0.2) is 29.6 Å². The minimum atomic E-state index is -3.22. The van der Waals surface area contributed by atoms with Gasteiger partial charge in [-0.3, -0.25) is 4.90 Å². The highest BCUT2D eigenvalue weighted by atomic mass is 32.2. The summed E-state index contributed by atoms with van der Waals surface area (Å²) >= 11 is 1.83. The van der Waals surface area contributed by atoms with E-state index in [1.54, 1.807) is 0 Å². The van der Waals surface area contributed by atoms with Crippen molar-refractivity contribution in [3.63, 3.8) is 0 Å². The molecule has 0 bridgehead atoms. The third-order valence-electron chi connectivity index (χ3n) is 5.97. The van der Waals surface area contributed by atoms with Crippen molar-refractivity contribution in [1.82, 2.24) is 14.5 Å². The van der Waals surface area contributed by atoms with Crippen LogP contribution < -0.4 is 10.6 Å². The zero-order valence-corrected chi connectivity index (χ0v) is 19.0. The molecule has 1 aromatic heterocycles. The maximum absolute atomic E-state index is 12.5.